The summed E-state index contributed by atoms with van der Waals surface area (Å²) in [6.07, 6.45) is 0. The van der Waals surface area contributed by atoms with E-state index in [2.05, 4.69) is 4.98 Å². The molecule has 0 aliphatic carbocycles. The van der Waals surface area contributed by atoms with Gasteiger partial charge in [0.1, 0.15) is 11.6 Å². The Hall–Kier alpha value is -2.45. The van der Waals surface area contributed by atoms with Crippen LogP contribution < -0.4 is 26.6 Å². The molecule has 0 aliphatic heterocycles. The van der Waals surface area contributed by atoms with Crippen molar-refractivity contribution in [1.29, 1.82) is 0 Å². The number of rotatable bonds is 8. The molecule has 2 aromatic rings. The van der Waals surface area contributed by atoms with Crippen molar-refractivity contribution in [3.8, 4) is 5.75 Å². The summed E-state index contributed by atoms with van der Waals surface area (Å²) in [4.78, 5) is 41.3. The van der Waals surface area contributed by atoms with E-state index in [0.29, 0.717) is 22.3 Å². The van der Waals surface area contributed by atoms with Gasteiger partial charge in [-0.15, -0.1) is 0 Å². The number of carbonyl (C=O) groups is 1. The molecular weight excluding hydrogens is 431 g/mol. The Bertz CT molecular complexity index is 1030. The normalized spacial score (nSPS) is 11.2. The minimum atomic E-state index is -0.721. The Kier molecular flexibility index (Phi) is 7.97. The third-order valence-corrected chi connectivity index (χ3v) is 4.87. The van der Waals surface area contributed by atoms with E-state index in [0.717, 1.165) is 0 Å². The van der Waals surface area contributed by atoms with Gasteiger partial charge >= 0.3 is 5.69 Å². The molecular formula is C20H26Cl2N4O4. The molecule has 8 nitrogen and oxygen atoms in total. The third kappa shape index (κ3) is 5.79. The number of nitrogens with one attached hydrogen (secondary N) is 1. The highest BCUT2D eigenvalue weighted by molar-refractivity contribution is 6.42. The Labute approximate surface area is 184 Å². The smallest absolute Gasteiger partial charge is 0.330 e. The van der Waals surface area contributed by atoms with Crippen LogP contribution in [0.2, 0.25) is 10.0 Å². The summed E-state index contributed by atoms with van der Waals surface area (Å²) >= 11 is 11.9. The maximum atomic E-state index is 13.0. The van der Waals surface area contributed by atoms with Crippen molar-refractivity contribution < 1.29 is 9.53 Å². The monoisotopic (exact) mass is 456 g/mol. The Balaban J connectivity index is 2.39. The number of benzene rings is 1. The highest BCUT2D eigenvalue weighted by atomic mass is 35.5. The van der Waals surface area contributed by atoms with Crippen molar-refractivity contribution in [2.45, 2.75) is 34.2 Å². The number of nitrogen functional groups attached to an aromatic ring is 1. The van der Waals surface area contributed by atoms with Gasteiger partial charge in [0.05, 0.1) is 10.0 Å². The van der Waals surface area contributed by atoms with Crippen LogP contribution in [0, 0.1) is 11.8 Å². The summed E-state index contributed by atoms with van der Waals surface area (Å²) in [7, 11) is 0. The molecule has 0 bridgehead atoms. The highest BCUT2D eigenvalue weighted by Gasteiger charge is 2.25. The van der Waals surface area contributed by atoms with Crippen LogP contribution in [0.25, 0.3) is 0 Å². The van der Waals surface area contributed by atoms with Gasteiger partial charge in [0.2, 0.25) is 0 Å². The van der Waals surface area contributed by atoms with Crippen LogP contribution in [0.1, 0.15) is 27.7 Å². The number of aromatic nitrogens is 2. The van der Waals surface area contributed by atoms with Gasteiger partial charge in [-0.2, -0.15) is 0 Å². The average Bonchev–Trinajstić information content (AvgIpc) is 2.64. The molecule has 0 spiro atoms. The average molecular weight is 457 g/mol. The number of H-pyrrole nitrogens is 1. The predicted molar refractivity (Wildman–Crippen MR) is 120 cm³/mol. The van der Waals surface area contributed by atoms with Crippen molar-refractivity contribution in [3.05, 3.63) is 49.1 Å². The number of amides is 1. The van der Waals surface area contributed by atoms with E-state index in [1.54, 1.807) is 12.1 Å². The van der Waals surface area contributed by atoms with Crippen molar-refractivity contribution in [2.75, 3.05) is 23.8 Å². The summed E-state index contributed by atoms with van der Waals surface area (Å²) in [5.74, 6) is -0.0456. The lowest BCUT2D eigenvalue weighted by Gasteiger charge is -2.26. The largest absolute Gasteiger partial charge is 0.484 e. The number of ether oxygens (including phenoxy) is 1. The molecule has 30 heavy (non-hydrogen) atoms. The third-order valence-electron chi connectivity index (χ3n) is 4.13. The molecule has 3 N–H and O–H groups in total. The second-order valence-electron chi connectivity index (χ2n) is 7.76. The van der Waals surface area contributed by atoms with Crippen LogP contribution in [0.4, 0.5) is 11.5 Å². The first-order valence-corrected chi connectivity index (χ1v) is 10.3. The number of aromatic amines is 1. The minimum Gasteiger partial charge on any atom is -0.484 e. The number of hydrogen-bond donors (Lipinski definition) is 2. The fourth-order valence-electron chi connectivity index (χ4n) is 2.86. The van der Waals surface area contributed by atoms with E-state index in [9.17, 15) is 14.4 Å². The van der Waals surface area contributed by atoms with E-state index in [1.807, 2.05) is 27.7 Å². The van der Waals surface area contributed by atoms with Gasteiger partial charge in [-0.3, -0.25) is 19.1 Å². The Morgan fingerprint density at radius 1 is 1.17 bits per heavy atom. The molecule has 1 aromatic heterocycles. The molecule has 164 valence electrons. The molecule has 0 saturated carbocycles. The zero-order chi connectivity index (χ0) is 22.6. The van der Waals surface area contributed by atoms with Gasteiger partial charge in [-0.1, -0.05) is 50.9 Å². The zero-order valence-corrected chi connectivity index (χ0v) is 18.9. The van der Waals surface area contributed by atoms with Crippen LogP contribution in [0.15, 0.2) is 27.8 Å². The quantitative estimate of drug-likeness (QED) is 0.633. The molecule has 0 aliphatic rings. The lowest BCUT2D eigenvalue weighted by atomic mass is 10.2. The maximum absolute atomic E-state index is 13.0. The topological polar surface area (TPSA) is 110 Å². The lowest BCUT2D eigenvalue weighted by molar-refractivity contribution is -0.120. The summed E-state index contributed by atoms with van der Waals surface area (Å²) < 4.78 is 6.80. The number of anilines is 2. The fourth-order valence-corrected chi connectivity index (χ4v) is 3.15. The maximum Gasteiger partial charge on any atom is 0.330 e. The lowest BCUT2D eigenvalue weighted by Crippen LogP contribution is -2.44. The second-order valence-corrected chi connectivity index (χ2v) is 8.57. The van der Waals surface area contributed by atoms with Crippen molar-refractivity contribution in [2.24, 2.45) is 11.8 Å². The first kappa shape index (κ1) is 23.8. The highest BCUT2D eigenvalue weighted by Crippen LogP contribution is 2.26. The zero-order valence-electron chi connectivity index (χ0n) is 17.4. The van der Waals surface area contributed by atoms with E-state index in [-0.39, 0.29) is 36.5 Å². The molecule has 2 rings (SSSR count). The van der Waals surface area contributed by atoms with Gasteiger partial charge in [-0.05, 0) is 24.0 Å². The molecule has 1 heterocycles. The van der Waals surface area contributed by atoms with Crippen molar-refractivity contribution in [1.82, 2.24) is 9.55 Å². The van der Waals surface area contributed by atoms with Gasteiger partial charge in [-0.25, -0.2) is 4.79 Å². The molecule has 1 amide bonds. The van der Waals surface area contributed by atoms with Crippen molar-refractivity contribution in [3.63, 3.8) is 0 Å². The van der Waals surface area contributed by atoms with E-state index in [1.165, 1.54) is 15.5 Å². The Morgan fingerprint density at radius 2 is 1.83 bits per heavy atom. The molecule has 1 aromatic carbocycles. The van der Waals surface area contributed by atoms with Crippen molar-refractivity contribution >= 4 is 40.6 Å². The van der Waals surface area contributed by atoms with Crippen LogP contribution in [-0.4, -0.2) is 28.6 Å². The number of hydrogen-bond acceptors (Lipinski definition) is 5. The second kappa shape index (κ2) is 10.0. The summed E-state index contributed by atoms with van der Waals surface area (Å²) in [5, 5.41) is 0.658. The molecule has 0 fully saturated rings. The van der Waals surface area contributed by atoms with Crippen LogP contribution >= 0.6 is 23.2 Å². The van der Waals surface area contributed by atoms with E-state index < -0.39 is 17.2 Å². The summed E-state index contributed by atoms with van der Waals surface area (Å²) in [5.41, 5.74) is 4.77. The number of carbonyl (C=O) groups excluding carboxylic acids is 1. The number of halogens is 2. The fraction of sp³-hybridized carbons (Fsp3) is 0.450. The molecule has 0 saturated heterocycles. The molecule has 10 heteroatoms. The SMILES string of the molecule is CC(C)CN(C(=O)COc1ccc(Cl)c(Cl)c1)c1c(N)n(CC(C)C)c(=O)[nH]c1=O. The van der Waals surface area contributed by atoms with Gasteiger partial charge in [0.15, 0.2) is 12.3 Å². The number of nitrogens with two attached hydrogens (primary N) is 1. The first-order valence-electron chi connectivity index (χ1n) is 9.52. The van der Waals surface area contributed by atoms with Gasteiger partial charge in [0.25, 0.3) is 11.5 Å². The van der Waals surface area contributed by atoms with Crippen LogP contribution in [-0.2, 0) is 11.3 Å². The molecule has 0 unspecified atom stereocenters. The van der Waals surface area contributed by atoms with Gasteiger partial charge < -0.3 is 15.4 Å². The first-order chi connectivity index (χ1) is 14.0. The molecule has 0 atom stereocenters. The standard InChI is InChI=1S/C20H26Cl2N4O4/c1-11(2)8-25(16(27)10-30-13-5-6-14(21)15(22)7-13)17-18(23)26(9-12(3)4)20(29)24-19(17)28/h5-7,11-12H,8-10,23H2,1-4H3,(H,24,28,29). The van der Waals surface area contributed by atoms with Crippen LogP contribution in [0.5, 0.6) is 5.75 Å². The van der Waals surface area contributed by atoms with E-state index >= 15 is 0 Å². The van der Waals surface area contributed by atoms with E-state index in [4.69, 9.17) is 33.7 Å². The summed E-state index contributed by atoms with van der Waals surface area (Å²) in [6, 6.07) is 4.63. The van der Waals surface area contributed by atoms with Gasteiger partial charge in [0, 0.05) is 19.2 Å². The minimum absolute atomic E-state index is 0.0307. The summed E-state index contributed by atoms with van der Waals surface area (Å²) in [6.45, 7) is 7.79. The predicted octanol–water partition coefficient (Wildman–Crippen LogP) is 3.15. The molecule has 0 radical (unpaired) electrons. The Morgan fingerprint density at radius 3 is 2.40 bits per heavy atom. The van der Waals surface area contributed by atoms with Crippen LogP contribution in [0.3, 0.4) is 0 Å². The number of nitrogens with zero attached hydrogens (tertiary/aromatic N) is 2.